The van der Waals surface area contributed by atoms with Crippen LogP contribution in [0.1, 0.15) is 27.2 Å². The summed E-state index contributed by atoms with van der Waals surface area (Å²) in [7, 11) is 0. The molecule has 2 fully saturated rings. The molecule has 0 saturated carbocycles. The van der Waals surface area contributed by atoms with Crippen LogP contribution in [-0.4, -0.2) is 65.6 Å². The van der Waals surface area contributed by atoms with Crippen molar-refractivity contribution in [2.75, 3.05) is 26.3 Å². The van der Waals surface area contributed by atoms with Crippen molar-refractivity contribution in [2.24, 2.45) is 0 Å². The van der Waals surface area contributed by atoms with E-state index in [0.717, 1.165) is 6.42 Å². The highest BCUT2D eigenvalue weighted by atomic mass is 16.5. The molecular formula is C13H22N2O5. The van der Waals surface area contributed by atoms with E-state index in [0.29, 0.717) is 19.7 Å². The number of carbonyl (C=O) groups excluding carboxylic acids is 1. The summed E-state index contributed by atoms with van der Waals surface area (Å²) in [5.74, 6) is -1.00. The normalized spacial score (nSPS) is 31.8. The highest BCUT2D eigenvalue weighted by Gasteiger charge is 2.45. The SMILES string of the molecule is CC1OCCC1(C)NC(=O)N1CC(C)(OCC(=O)O)C1. The maximum Gasteiger partial charge on any atom is 0.329 e. The molecule has 0 aromatic carbocycles. The fourth-order valence-corrected chi connectivity index (χ4v) is 2.55. The Balaban J connectivity index is 1.80. The van der Waals surface area contributed by atoms with Gasteiger partial charge in [-0.25, -0.2) is 9.59 Å². The number of carboxylic acids is 1. The van der Waals surface area contributed by atoms with E-state index in [1.54, 1.807) is 4.90 Å². The minimum absolute atomic E-state index is 0.0117. The molecular weight excluding hydrogens is 264 g/mol. The highest BCUT2D eigenvalue weighted by Crippen LogP contribution is 2.28. The molecule has 2 heterocycles. The van der Waals surface area contributed by atoms with Crippen molar-refractivity contribution < 1.29 is 24.2 Å². The zero-order chi connectivity index (χ0) is 15.0. The van der Waals surface area contributed by atoms with Crippen molar-refractivity contribution in [2.45, 2.75) is 44.4 Å². The molecule has 2 atom stereocenters. The summed E-state index contributed by atoms with van der Waals surface area (Å²) in [4.78, 5) is 24.2. The predicted octanol–water partition coefficient (Wildman–Crippen LogP) is 0.439. The largest absolute Gasteiger partial charge is 0.480 e. The molecule has 0 aliphatic carbocycles. The summed E-state index contributed by atoms with van der Waals surface area (Å²) in [6, 6.07) is -0.152. The minimum atomic E-state index is -1.00. The van der Waals surface area contributed by atoms with E-state index >= 15 is 0 Å². The number of carboxylic acid groups (broad SMARTS) is 1. The van der Waals surface area contributed by atoms with Gasteiger partial charge < -0.3 is 24.8 Å². The molecule has 2 rings (SSSR count). The van der Waals surface area contributed by atoms with Gasteiger partial charge in [0.25, 0.3) is 0 Å². The van der Waals surface area contributed by atoms with Crippen LogP contribution in [0, 0.1) is 0 Å². The summed E-state index contributed by atoms with van der Waals surface area (Å²) in [6.07, 6.45) is 0.780. The number of hydrogen-bond acceptors (Lipinski definition) is 4. The average molecular weight is 286 g/mol. The van der Waals surface area contributed by atoms with Crippen molar-refractivity contribution in [1.82, 2.24) is 10.2 Å². The van der Waals surface area contributed by atoms with Crippen molar-refractivity contribution >= 4 is 12.0 Å². The lowest BCUT2D eigenvalue weighted by Crippen LogP contribution is -2.67. The molecule has 0 aromatic rings. The lowest BCUT2D eigenvalue weighted by Gasteiger charge is -2.48. The Labute approximate surface area is 118 Å². The number of aliphatic carboxylic acids is 1. The molecule has 2 aliphatic heterocycles. The number of ether oxygens (including phenoxy) is 2. The van der Waals surface area contributed by atoms with Gasteiger partial charge in [0.2, 0.25) is 0 Å². The van der Waals surface area contributed by atoms with Gasteiger partial charge in [0.15, 0.2) is 0 Å². The van der Waals surface area contributed by atoms with Gasteiger partial charge in [-0.05, 0) is 27.2 Å². The van der Waals surface area contributed by atoms with Crippen LogP contribution in [0.5, 0.6) is 0 Å². The molecule has 2 saturated heterocycles. The first-order chi connectivity index (χ1) is 9.24. The third-order valence-electron chi connectivity index (χ3n) is 4.16. The molecule has 7 heteroatoms. The molecule has 0 radical (unpaired) electrons. The van der Waals surface area contributed by atoms with Crippen LogP contribution < -0.4 is 5.32 Å². The standard InChI is InChI=1S/C13H22N2O5/c1-9-13(3,4-5-19-9)14-11(18)15-7-12(2,8-15)20-6-10(16)17/h9H,4-8H2,1-3H3,(H,14,18)(H,16,17). The zero-order valence-corrected chi connectivity index (χ0v) is 12.1. The Bertz CT molecular complexity index is 408. The van der Waals surface area contributed by atoms with Crippen LogP contribution in [0.15, 0.2) is 0 Å². The molecule has 20 heavy (non-hydrogen) atoms. The van der Waals surface area contributed by atoms with E-state index in [9.17, 15) is 9.59 Å². The van der Waals surface area contributed by atoms with Crippen LogP contribution in [0.25, 0.3) is 0 Å². The van der Waals surface area contributed by atoms with E-state index in [1.165, 1.54) is 0 Å². The number of likely N-dealkylation sites (tertiary alicyclic amines) is 1. The molecule has 2 N–H and O–H groups in total. The van der Waals surface area contributed by atoms with Gasteiger partial charge in [0.05, 0.1) is 24.7 Å². The van der Waals surface area contributed by atoms with E-state index in [1.807, 2.05) is 20.8 Å². The summed E-state index contributed by atoms with van der Waals surface area (Å²) in [5, 5.41) is 11.6. The second kappa shape index (κ2) is 5.21. The summed E-state index contributed by atoms with van der Waals surface area (Å²) < 4.78 is 10.8. The van der Waals surface area contributed by atoms with Crippen molar-refractivity contribution in [3.8, 4) is 0 Å². The molecule has 2 amide bonds. The third-order valence-corrected chi connectivity index (χ3v) is 4.16. The number of carbonyl (C=O) groups is 2. The molecule has 2 aliphatic rings. The smallest absolute Gasteiger partial charge is 0.329 e. The Kier molecular flexibility index (Phi) is 3.93. The Morgan fingerprint density at radius 1 is 1.45 bits per heavy atom. The number of urea groups is 1. The van der Waals surface area contributed by atoms with Crippen molar-refractivity contribution in [3.63, 3.8) is 0 Å². The first-order valence-electron chi connectivity index (χ1n) is 6.79. The fraction of sp³-hybridized carbons (Fsp3) is 0.846. The topological polar surface area (TPSA) is 88.1 Å². The van der Waals surface area contributed by atoms with E-state index < -0.39 is 11.6 Å². The van der Waals surface area contributed by atoms with Gasteiger partial charge in [-0.3, -0.25) is 0 Å². The van der Waals surface area contributed by atoms with Gasteiger partial charge in [0.1, 0.15) is 12.2 Å². The van der Waals surface area contributed by atoms with E-state index in [2.05, 4.69) is 5.32 Å². The van der Waals surface area contributed by atoms with Gasteiger partial charge >= 0.3 is 12.0 Å². The molecule has 0 bridgehead atoms. The molecule has 2 unspecified atom stereocenters. The number of nitrogens with zero attached hydrogens (tertiary/aromatic N) is 1. The number of nitrogens with one attached hydrogen (secondary N) is 1. The van der Waals surface area contributed by atoms with Crippen LogP contribution in [0.3, 0.4) is 0 Å². The highest BCUT2D eigenvalue weighted by molar-refractivity contribution is 5.76. The van der Waals surface area contributed by atoms with E-state index in [-0.39, 0.29) is 24.3 Å². The van der Waals surface area contributed by atoms with Crippen LogP contribution in [0.2, 0.25) is 0 Å². The maximum absolute atomic E-state index is 12.1. The lowest BCUT2D eigenvalue weighted by molar-refractivity contribution is -0.159. The maximum atomic E-state index is 12.1. The third kappa shape index (κ3) is 3.04. The van der Waals surface area contributed by atoms with Crippen LogP contribution in [0.4, 0.5) is 4.79 Å². The summed E-state index contributed by atoms with van der Waals surface area (Å²) in [6.45, 7) is 6.84. The molecule has 0 spiro atoms. The van der Waals surface area contributed by atoms with E-state index in [4.69, 9.17) is 14.6 Å². The first-order valence-corrected chi connectivity index (χ1v) is 6.79. The quantitative estimate of drug-likeness (QED) is 0.783. The Morgan fingerprint density at radius 2 is 2.10 bits per heavy atom. The van der Waals surface area contributed by atoms with Gasteiger partial charge in [-0.15, -0.1) is 0 Å². The predicted molar refractivity (Wildman–Crippen MR) is 70.5 cm³/mol. The second-order valence-electron chi connectivity index (χ2n) is 6.10. The molecule has 114 valence electrons. The van der Waals surface area contributed by atoms with Gasteiger partial charge in [0, 0.05) is 6.61 Å². The number of rotatable bonds is 4. The Hall–Kier alpha value is -1.34. The summed E-state index contributed by atoms with van der Waals surface area (Å²) in [5.41, 5.74) is -0.903. The second-order valence-corrected chi connectivity index (χ2v) is 6.10. The average Bonchev–Trinajstić information content (AvgIpc) is 2.63. The lowest BCUT2D eigenvalue weighted by atomic mass is 9.93. The van der Waals surface area contributed by atoms with Crippen LogP contribution >= 0.6 is 0 Å². The number of amides is 2. The van der Waals surface area contributed by atoms with Crippen molar-refractivity contribution in [3.05, 3.63) is 0 Å². The minimum Gasteiger partial charge on any atom is -0.480 e. The van der Waals surface area contributed by atoms with Gasteiger partial charge in [-0.2, -0.15) is 0 Å². The first kappa shape index (κ1) is 15.1. The number of hydrogen-bond donors (Lipinski definition) is 2. The fourth-order valence-electron chi connectivity index (χ4n) is 2.55. The monoisotopic (exact) mass is 286 g/mol. The zero-order valence-electron chi connectivity index (χ0n) is 12.1. The van der Waals surface area contributed by atoms with Crippen molar-refractivity contribution in [1.29, 1.82) is 0 Å². The molecule has 7 nitrogen and oxygen atoms in total. The van der Waals surface area contributed by atoms with Gasteiger partial charge in [-0.1, -0.05) is 0 Å². The molecule has 0 aromatic heterocycles. The Morgan fingerprint density at radius 3 is 2.60 bits per heavy atom. The summed E-state index contributed by atoms with van der Waals surface area (Å²) >= 11 is 0. The van der Waals surface area contributed by atoms with Crippen LogP contribution in [-0.2, 0) is 14.3 Å².